The van der Waals surface area contributed by atoms with Crippen molar-refractivity contribution >= 4 is 17.9 Å². The lowest BCUT2D eigenvalue weighted by atomic mass is 10.0. The predicted molar refractivity (Wildman–Crippen MR) is 245 cm³/mol. The number of carboxylic acid groups (broad SMARTS) is 1. The van der Waals surface area contributed by atoms with Crippen molar-refractivity contribution in [3.05, 3.63) is 48.6 Å². The van der Waals surface area contributed by atoms with E-state index in [1.54, 1.807) is 21.1 Å². The maximum Gasteiger partial charge on any atom is 0.306 e. The van der Waals surface area contributed by atoms with E-state index < -0.39 is 18.1 Å². The topological polar surface area (TPSA) is 102 Å². The Balaban J connectivity index is 4.22. The molecule has 0 rings (SSSR count). The van der Waals surface area contributed by atoms with E-state index >= 15 is 0 Å². The van der Waals surface area contributed by atoms with Crippen molar-refractivity contribution < 1.29 is 38.2 Å². The number of likely N-dealkylation sites (N-methyl/N-ethyl adjacent to an activating group) is 1. The minimum atomic E-state index is -1.13. The van der Waals surface area contributed by atoms with Crippen molar-refractivity contribution in [1.29, 1.82) is 0 Å². The zero-order valence-corrected chi connectivity index (χ0v) is 38.9. The van der Waals surface area contributed by atoms with Crippen molar-refractivity contribution in [2.45, 2.75) is 219 Å². The molecule has 0 amide bonds. The first-order valence-electron chi connectivity index (χ1n) is 24.2. The van der Waals surface area contributed by atoms with Gasteiger partial charge in [0, 0.05) is 19.3 Å². The quantitative estimate of drug-likeness (QED) is 0.0261. The highest BCUT2D eigenvalue weighted by atomic mass is 16.6. The monoisotopic (exact) mass is 830 g/mol. The SMILES string of the molecule is CC/C=C/C/C=C/CCCCCCCCCCCCCCCCC(=O)OCC(COCCC(C(=O)[O-])[N+](C)(C)C)OC(=O)CCCCCCCCC/C=C/C/C=C/CC. The van der Waals surface area contributed by atoms with Crippen molar-refractivity contribution in [3.8, 4) is 0 Å². The van der Waals surface area contributed by atoms with E-state index in [0.717, 1.165) is 70.6 Å². The van der Waals surface area contributed by atoms with E-state index in [9.17, 15) is 19.5 Å². The molecule has 2 atom stereocenters. The first kappa shape index (κ1) is 56.3. The molecule has 0 spiro atoms. The third kappa shape index (κ3) is 40.5. The molecule has 0 saturated heterocycles. The Morgan fingerprint density at radius 2 is 0.898 bits per heavy atom. The van der Waals surface area contributed by atoms with Crippen LogP contribution in [0.1, 0.15) is 206 Å². The molecule has 8 heteroatoms. The number of hydrogen-bond donors (Lipinski definition) is 0. The second kappa shape index (κ2) is 42.0. The van der Waals surface area contributed by atoms with Gasteiger partial charge < -0.3 is 28.6 Å². The zero-order chi connectivity index (χ0) is 43.5. The second-order valence-corrected chi connectivity index (χ2v) is 17.3. The molecule has 0 N–H and O–H groups in total. The van der Waals surface area contributed by atoms with Gasteiger partial charge in [0.25, 0.3) is 0 Å². The van der Waals surface area contributed by atoms with Crippen LogP contribution >= 0.6 is 0 Å². The molecule has 0 aromatic carbocycles. The highest BCUT2D eigenvalue weighted by Crippen LogP contribution is 2.15. The maximum atomic E-state index is 12.7. The highest BCUT2D eigenvalue weighted by molar-refractivity contribution is 5.70. The lowest BCUT2D eigenvalue weighted by Crippen LogP contribution is -2.55. The average Bonchev–Trinajstić information content (AvgIpc) is 3.19. The van der Waals surface area contributed by atoms with Gasteiger partial charge in [-0.25, -0.2) is 0 Å². The number of unbranched alkanes of at least 4 members (excludes halogenated alkanes) is 21. The number of carbonyl (C=O) groups excluding carboxylic acids is 3. The predicted octanol–water partition coefficient (Wildman–Crippen LogP) is 12.3. The van der Waals surface area contributed by atoms with E-state index in [-0.39, 0.29) is 42.7 Å². The average molecular weight is 830 g/mol. The number of ether oxygens (including phenoxy) is 3. The summed E-state index contributed by atoms with van der Waals surface area (Å²) in [6.45, 7) is 4.46. The number of quaternary nitrogens is 1. The number of carbonyl (C=O) groups is 3. The van der Waals surface area contributed by atoms with Crippen LogP contribution in [-0.4, -0.2) is 75.5 Å². The molecule has 0 saturated carbocycles. The summed E-state index contributed by atoms with van der Waals surface area (Å²) in [6.07, 6.45) is 50.0. The van der Waals surface area contributed by atoms with Gasteiger partial charge in [-0.3, -0.25) is 9.59 Å². The third-order valence-electron chi connectivity index (χ3n) is 10.7. The largest absolute Gasteiger partial charge is 0.544 e. The van der Waals surface area contributed by atoms with Crippen LogP contribution < -0.4 is 5.11 Å². The van der Waals surface area contributed by atoms with Crippen molar-refractivity contribution in [2.24, 2.45) is 0 Å². The minimum absolute atomic E-state index is 0.0381. The molecule has 0 aliphatic carbocycles. The summed E-state index contributed by atoms with van der Waals surface area (Å²) in [7, 11) is 5.41. The van der Waals surface area contributed by atoms with E-state index in [2.05, 4.69) is 62.5 Å². The number of rotatable bonds is 43. The van der Waals surface area contributed by atoms with Gasteiger partial charge in [0.05, 0.1) is 40.3 Å². The van der Waals surface area contributed by atoms with E-state index in [1.807, 2.05) is 0 Å². The van der Waals surface area contributed by atoms with Crippen LogP contribution in [0.5, 0.6) is 0 Å². The molecule has 0 aromatic rings. The molecule has 0 fully saturated rings. The summed E-state index contributed by atoms with van der Waals surface area (Å²) in [6, 6.07) is -0.727. The highest BCUT2D eigenvalue weighted by Gasteiger charge is 2.25. The molecule has 0 heterocycles. The molecule has 342 valence electrons. The zero-order valence-electron chi connectivity index (χ0n) is 38.9. The minimum Gasteiger partial charge on any atom is -0.544 e. The van der Waals surface area contributed by atoms with Gasteiger partial charge in [0.1, 0.15) is 12.6 Å². The van der Waals surface area contributed by atoms with Gasteiger partial charge in [0.15, 0.2) is 6.10 Å². The molecule has 0 aliphatic heterocycles. The summed E-state index contributed by atoms with van der Waals surface area (Å²) in [5.41, 5.74) is 0. The standard InChI is InChI=1S/C51H91NO7/c1-6-8-10-12-14-16-18-20-22-23-24-25-26-27-28-30-31-33-35-37-39-41-49(53)58-46-47(45-57-44-43-48(51(55)56)52(3,4)5)59-50(54)42-40-38-36-34-32-29-21-19-17-15-13-11-9-7-2/h8-11,14-17,47-48H,6-7,12-13,18-46H2,1-5H3/b10-8+,11-9+,16-14+,17-15+. The van der Waals surface area contributed by atoms with Gasteiger partial charge in [-0.1, -0.05) is 172 Å². The molecule has 2 unspecified atom stereocenters. The van der Waals surface area contributed by atoms with Crippen LogP contribution in [-0.2, 0) is 28.6 Å². The first-order valence-corrected chi connectivity index (χ1v) is 24.2. The second-order valence-electron chi connectivity index (χ2n) is 17.3. The summed E-state index contributed by atoms with van der Waals surface area (Å²) >= 11 is 0. The molecule has 0 aromatic heterocycles. The lowest BCUT2D eigenvalue weighted by molar-refractivity contribution is -0.889. The van der Waals surface area contributed by atoms with Gasteiger partial charge in [-0.05, 0) is 64.2 Å². The molecular formula is C51H91NO7. The van der Waals surface area contributed by atoms with Crippen molar-refractivity contribution in [2.75, 3.05) is 41.0 Å². The molecule has 0 aliphatic rings. The Labute approximate surface area is 363 Å². The molecular weight excluding hydrogens is 739 g/mol. The van der Waals surface area contributed by atoms with Gasteiger partial charge in [-0.15, -0.1) is 0 Å². The number of hydrogen-bond acceptors (Lipinski definition) is 7. The fourth-order valence-electron chi connectivity index (χ4n) is 7.03. The summed E-state index contributed by atoms with van der Waals surface area (Å²) in [5, 5.41) is 11.6. The fraction of sp³-hybridized carbons (Fsp3) is 0.784. The van der Waals surface area contributed by atoms with Crippen LogP contribution in [0.15, 0.2) is 48.6 Å². The fourth-order valence-corrected chi connectivity index (χ4v) is 7.03. The third-order valence-corrected chi connectivity index (χ3v) is 10.7. The van der Waals surface area contributed by atoms with Gasteiger partial charge >= 0.3 is 11.9 Å². The number of nitrogens with zero attached hydrogens (tertiary/aromatic N) is 1. The molecule has 59 heavy (non-hydrogen) atoms. The Bertz CT molecular complexity index is 1110. The van der Waals surface area contributed by atoms with Crippen LogP contribution in [0.25, 0.3) is 0 Å². The summed E-state index contributed by atoms with van der Waals surface area (Å²) in [4.78, 5) is 36.9. The molecule has 8 nitrogen and oxygen atoms in total. The Morgan fingerprint density at radius 3 is 1.31 bits per heavy atom. The maximum absolute atomic E-state index is 12.7. The number of aliphatic carboxylic acids is 1. The Kier molecular flexibility index (Phi) is 40.1. The number of carboxylic acids is 1. The smallest absolute Gasteiger partial charge is 0.306 e. The van der Waals surface area contributed by atoms with E-state index in [4.69, 9.17) is 14.2 Å². The van der Waals surface area contributed by atoms with Crippen LogP contribution in [0.3, 0.4) is 0 Å². The number of esters is 2. The van der Waals surface area contributed by atoms with Crippen LogP contribution in [0.2, 0.25) is 0 Å². The molecule has 0 bridgehead atoms. The summed E-state index contributed by atoms with van der Waals surface area (Å²) < 4.78 is 17.2. The van der Waals surface area contributed by atoms with Gasteiger partial charge in [-0.2, -0.15) is 0 Å². The molecule has 0 radical (unpaired) electrons. The van der Waals surface area contributed by atoms with E-state index in [1.165, 1.54) is 103 Å². The normalized spacial score (nSPS) is 13.3. The van der Waals surface area contributed by atoms with Crippen LogP contribution in [0.4, 0.5) is 0 Å². The lowest BCUT2D eigenvalue weighted by Gasteiger charge is -2.34. The Morgan fingerprint density at radius 1 is 0.508 bits per heavy atom. The van der Waals surface area contributed by atoms with Crippen molar-refractivity contribution in [1.82, 2.24) is 0 Å². The van der Waals surface area contributed by atoms with Crippen LogP contribution in [0, 0.1) is 0 Å². The van der Waals surface area contributed by atoms with E-state index in [0.29, 0.717) is 12.8 Å². The Hall–Kier alpha value is -2.71. The van der Waals surface area contributed by atoms with Crippen molar-refractivity contribution in [3.63, 3.8) is 0 Å². The number of allylic oxidation sites excluding steroid dienone is 8. The van der Waals surface area contributed by atoms with Gasteiger partial charge in [0.2, 0.25) is 0 Å². The summed E-state index contributed by atoms with van der Waals surface area (Å²) in [5.74, 6) is -1.74. The first-order chi connectivity index (χ1) is 28.6.